The summed E-state index contributed by atoms with van der Waals surface area (Å²) < 4.78 is 11.5. The lowest BCUT2D eigenvalue weighted by molar-refractivity contribution is 0.0251. The number of rotatable bonds is 8. The molecule has 0 spiro atoms. The van der Waals surface area contributed by atoms with Crippen molar-refractivity contribution in [2.24, 2.45) is 0 Å². The number of halogens is 2. The summed E-state index contributed by atoms with van der Waals surface area (Å²) in [5.41, 5.74) is 1.43. The Hall–Kier alpha value is -0.223. The van der Waals surface area contributed by atoms with Gasteiger partial charge < -0.3 is 9.47 Å². The van der Waals surface area contributed by atoms with Gasteiger partial charge in [-0.2, -0.15) is 22.2 Å². The van der Waals surface area contributed by atoms with Crippen molar-refractivity contribution in [2.45, 2.75) is 57.1 Å². The minimum atomic E-state index is -1.45. The van der Waals surface area contributed by atoms with E-state index in [0.29, 0.717) is 12.0 Å². The van der Waals surface area contributed by atoms with Gasteiger partial charge in [0.25, 0.3) is 0 Å². The number of hydrogen-bond acceptors (Lipinski definition) is 2. The molecule has 1 aliphatic carbocycles. The van der Waals surface area contributed by atoms with Crippen molar-refractivity contribution in [1.82, 2.24) is 0 Å². The maximum Gasteiger partial charge on any atom is 0.237 e. The summed E-state index contributed by atoms with van der Waals surface area (Å²) >= 11 is 11.7. The van der Waals surface area contributed by atoms with Gasteiger partial charge in [-0.15, -0.1) is 0 Å². The fourth-order valence-electron chi connectivity index (χ4n) is 3.05. The average Bonchev–Trinajstić information content (AvgIpc) is 2.53. The van der Waals surface area contributed by atoms with Gasteiger partial charge in [0.05, 0.1) is 12.7 Å². The molecule has 0 heterocycles. The molecule has 1 fully saturated rings. The Labute approximate surface area is 145 Å². The highest BCUT2D eigenvalue weighted by Gasteiger charge is 2.22. The van der Waals surface area contributed by atoms with Crippen LogP contribution in [0.25, 0.3) is 0 Å². The van der Waals surface area contributed by atoms with Crippen LogP contribution in [-0.4, -0.2) is 26.7 Å². The quantitative estimate of drug-likeness (QED) is 0.359. The van der Waals surface area contributed by atoms with Gasteiger partial charge in [0.2, 0.25) is 7.42 Å². The van der Waals surface area contributed by atoms with E-state index >= 15 is 0 Å². The van der Waals surface area contributed by atoms with Crippen LogP contribution in [0.2, 0.25) is 6.04 Å². The molecular formula is C17H26Cl2O2Si. The van der Waals surface area contributed by atoms with E-state index in [1.165, 1.54) is 18.4 Å². The van der Waals surface area contributed by atoms with Crippen LogP contribution in [0.5, 0.6) is 5.75 Å². The first-order valence-corrected chi connectivity index (χ1v) is 12.6. The summed E-state index contributed by atoms with van der Waals surface area (Å²) in [7, 11) is -1.45. The van der Waals surface area contributed by atoms with Crippen LogP contribution in [0.15, 0.2) is 24.3 Å². The van der Waals surface area contributed by atoms with Crippen LogP contribution in [0.1, 0.15) is 50.5 Å². The van der Waals surface area contributed by atoms with E-state index < -0.39 is 7.42 Å². The van der Waals surface area contributed by atoms with Gasteiger partial charge >= 0.3 is 0 Å². The Kier molecular flexibility index (Phi) is 8.08. The van der Waals surface area contributed by atoms with Crippen molar-refractivity contribution in [1.29, 1.82) is 0 Å². The van der Waals surface area contributed by atoms with Gasteiger partial charge in [-0.25, -0.2) is 0 Å². The highest BCUT2D eigenvalue weighted by Crippen LogP contribution is 2.34. The van der Waals surface area contributed by atoms with Crippen molar-refractivity contribution in [3.63, 3.8) is 0 Å². The first kappa shape index (κ1) is 18.1. The number of benzene rings is 1. The third-order valence-corrected chi connectivity index (χ3v) is 6.41. The van der Waals surface area contributed by atoms with Crippen LogP contribution in [0.4, 0.5) is 0 Å². The minimum absolute atomic E-state index is 0.421. The summed E-state index contributed by atoms with van der Waals surface area (Å²) in [6, 6.07) is 9.54. The summed E-state index contributed by atoms with van der Waals surface area (Å²) in [6.45, 7) is 3.54. The SMILES string of the molecule is CCOc1ccc(C2CCC(OCCC[SiH](Cl)Cl)CC2)cc1. The molecule has 0 bridgehead atoms. The van der Waals surface area contributed by atoms with E-state index in [0.717, 1.165) is 44.3 Å². The van der Waals surface area contributed by atoms with Crippen molar-refractivity contribution < 1.29 is 9.47 Å². The van der Waals surface area contributed by atoms with Crippen LogP contribution >= 0.6 is 22.2 Å². The fourth-order valence-corrected chi connectivity index (χ4v) is 4.45. The van der Waals surface area contributed by atoms with Gasteiger partial charge in [-0.05, 0) is 68.7 Å². The molecule has 1 aromatic carbocycles. The third-order valence-electron chi connectivity index (χ3n) is 4.26. The Morgan fingerprint density at radius 3 is 2.36 bits per heavy atom. The molecule has 0 radical (unpaired) electrons. The zero-order valence-corrected chi connectivity index (χ0v) is 15.9. The highest BCUT2D eigenvalue weighted by atomic mass is 35.7. The molecule has 0 aromatic heterocycles. The Morgan fingerprint density at radius 2 is 1.77 bits per heavy atom. The van der Waals surface area contributed by atoms with E-state index in [1.807, 2.05) is 6.92 Å². The highest BCUT2D eigenvalue weighted by molar-refractivity contribution is 7.33. The summed E-state index contributed by atoms with van der Waals surface area (Å²) in [4.78, 5) is 0. The lowest BCUT2D eigenvalue weighted by Gasteiger charge is -2.29. The zero-order valence-electron chi connectivity index (χ0n) is 13.3. The molecule has 1 aliphatic rings. The Bertz CT molecular complexity index is 417. The molecule has 1 saturated carbocycles. The molecule has 5 heteroatoms. The van der Waals surface area contributed by atoms with Gasteiger partial charge in [-0.3, -0.25) is 0 Å². The van der Waals surface area contributed by atoms with Crippen LogP contribution < -0.4 is 4.74 Å². The standard InChI is InChI=1S/C17H26Cl2O2Si/c1-2-20-16-8-4-14(5-9-16)15-6-10-17(11-7-15)21-12-3-13-22(18)19/h4-5,8-9,15,17,22H,2-3,6-7,10-13H2,1H3. The molecule has 124 valence electrons. The predicted molar refractivity (Wildman–Crippen MR) is 96.8 cm³/mol. The van der Waals surface area contributed by atoms with Gasteiger partial charge in [0, 0.05) is 6.61 Å². The minimum Gasteiger partial charge on any atom is -0.494 e. The van der Waals surface area contributed by atoms with Crippen molar-refractivity contribution in [3.8, 4) is 5.75 Å². The maximum absolute atomic E-state index is 5.95. The predicted octanol–water partition coefficient (Wildman–Crippen LogP) is 5.22. The first-order chi connectivity index (χ1) is 10.7. The smallest absolute Gasteiger partial charge is 0.237 e. The first-order valence-electron chi connectivity index (χ1n) is 8.31. The van der Waals surface area contributed by atoms with E-state index in [2.05, 4.69) is 24.3 Å². The average molecular weight is 361 g/mol. The molecule has 0 saturated heterocycles. The number of ether oxygens (including phenoxy) is 2. The van der Waals surface area contributed by atoms with Gasteiger partial charge in [-0.1, -0.05) is 12.1 Å². The molecule has 2 rings (SSSR count). The largest absolute Gasteiger partial charge is 0.494 e. The molecule has 0 aliphatic heterocycles. The zero-order chi connectivity index (χ0) is 15.8. The Balaban J connectivity index is 1.70. The third kappa shape index (κ3) is 6.11. The molecule has 1 aromatic rings. The second-order valence-electron chi connectivity index (χ2n) is 5.88. The normalized spacial score (nSPS) is 22.0. The van der Waals surface area contributed by atoms with Crippen LogP contribution in [-0.2, 0) is 4.74 Å². The molecular weight excluding hydrogens is 335 g/mol. The van der Waals surface area contributed by atoms with Gasteiger partial charge in [0.1, 0.15) is 5.75 Å². The lowest BCUT2D eigenvalue weighted by Crippen LogP contribution is -2.21. The summed E-state index contributed by atoms with van der Waals surface area (Å²) in [6.07, 6.45) is 6.15. The summed E-state index contributed by atoms with van der Waals surface area (Å²) in [5, 5.41) is 0. The van der Waals surface area contributed by atoms with E-state index in [-0.39, 0.29) is 0 Å². The molecule has 0 atom stereocenters. The van der Waals surface area contributed by atoms with Crippen molar-refractivity contribution >= 4 is 29.6 Å². The van der Waals surface area contributed by atoms with Crippen molar-refractivity contribution in [2.75, 3.05) is 13.2 Å². The summed E-state index contributed by atoms with van der Waals surface area (Å²) in [5.74, 6) is 1.63. The van der Waals surface area contributed by atoms with Crippen LogP contribution in [0, 0.1) is 0 Å². The van der Waals surface area contributed by atoms with Crippen molar-refractivity contribution in [3.05, 3.63) is 29.8 Å². The molecule has 0 unspecified atom stereocenters. The second-order valence-corrected chi connectivity index (χ2v) is 11.1. The van der Waals surface area contributed by atoms with E-state index in [1.54, 1.807) is 0 Å². The maximum atomic E-state index is 5.95. The Morgan fingerprint density at radius 1 is 1.09 bits per heavy atom. The monoisotopic (exact) mass is 360 g/mol. The second kappa shape index (κ2) is 9.81. The lowest BCUT2D eigenvalue weighted by atomic mass is 9.83. The molecule has 0 amide bonds. The molecule has 0 N–H and O–H groups in total. The molecule has 2 nitrogen and oxygen atoms in total. The van der Waals surface area contributed by atoms with E-state index in [9.17, 15) is 0 Å². The van der Waals surface area contributed by atoms with E-state index in [4.69, 9.17) is 31.6 Å². The fraction of sp³-hybridized carbons (Fsp3) is 0.647. The topological polar surface area (TPSA) is 18.5 Å². The molecule has 22 heavy (non-hydrogen) atoms. The number of hydrogen-bond donors (Lipinski definition) is 0. The van der Waals surface area contributed by atoms with Gasteiger partial charge in [0.15, 0.2) is 0 Å². The van der Waals surface area contributed by atoms with Crippen LogP contribution in [0.3, 0.4) is 0 Å².